The van der Waals surface area contributed by atoms with Crippen molar-refractivity contribution in [1.82, 2.24) is 24.5 Å². The van der Waals surface area contributed by atoms with Gasteiger partial charge in [0.25, 0.3) is 0 Å². The summed E-state index contributed by atoms with van der Waals surface area (Å²) in [6.07, 6.45) is 2.27. The van der Waals surface area contributed by atoms with E-state index in [2.05, 4.69) is 25.3 Å². The van der Waals surface area contributed by atoms with E-state index in [1.165, 1.54) is 12.4 Å². The van der Waals surface area contributed by atoms with Gasteiger partial charge in [-0.1, -0.05) is 23.7 Å². The topological polar surface area (TPSA) is 132 Å². The number of pyridine rings is 1. The summed E-state index contributed by atoms with van der Waals surface area (Å²) in [5.74, 6) is -0.340. The highest BCUT2D eigenvalue weighted by Gasteiger charge is 2.21. The lowest BCUT2D eigenvalue weighted by Gasteiger charge is -2.19. The van der Waals surface area contributed by atoms with E-state index >= 15 is 0 Å². The Hall–Kier alpha value is -4.57. The van der Waals surface area contributed by atoms with E-state index in [0.29, 0.717) is 38.7 Å². The lowest BCUT2D eigenvalue weighted by Crippen LogP contribution is -2.27. The van der Waals surface area contributed by atoms with Gasteiger partial charge in [-0.05, 0) is 52.0 Å². The average Bonchev–Trinajstić information content (AvgIpc) is 3.17. The fourth-order valence-corrected chi connectivity index (χ4v) is 4.44. The molecule has 10 nitrogen and oxygen atoms in total. The van der Waals surface area contributed by atoms with Crippen LogP contribution in [0.4, 0.5) is 10.6 Å². The van der Waals surface area contributed by atoms with Crippen LogP contribution in [0.1, 0.15) is 37.0 Å². The highest BCUT2D eigenvalue weighted by atomic mass is 35.5. The molecule has 5 rings (SSSR count). The normalized spacial score (nSPS) is 11.6. The van der Waals surface area contributed by atoms with Crippen molar-refractivity contribution in [3.8, 4) is 16.9 Å². The second-order valence-electron chi connectivity index (χ2n) is 9.57. The number of carboxylic acid groups (broad SMARTS) is 1. The second kappa shape index (κ2) is 9.38. The Morgan fingerprint density at radius 2 is 1.84 bits per heavy atom. The van der Waals surface area contributed by atoms with Gasteiger partial charge in [0.2, 0.25) is 0 Å². The number of aromatic carboxylic acids is 1. The molecule has 5 aromatic rings. The number of carbonyl (C=O) groups is 2. The van der Waals surface area contributed by atoms with Crippen LogP contribution in [0.15, 0.2) is 55.0 Å². The van der Waals surface area contributed by atoms with E-state index in [1.807, 2.05) is 22.8 Å². The van der Waals surface area contributed by atoms with Crippen LogP contribution >= 0.6 is 11.6 Å². The number of aromatic nitrogens is 5. The molecule has 0 fully saturated rings. The molecule has 0 atom stereocenters. The molecule has 0 aliphatic rings. The minimum atomic E-state index is -1.13. The van der Waals surface area contributed by atoms with Crippen molar-refractivity contribution in [1.29, 1.82) is 0 Å². The molecule has 0 bridgehead atoms. The monoisotopic (exact) mass is 530 g/mol. The molecule has 11 heteroatoms. The number of hydrogen-bond donors (Lipinski definition) is 2. The van der Waals surface area contributed by atoms with E-state index in [4.69, 9.17) is 16.3 Å². The van der Waals surface area contributed by atoms with Gasteiger partial charge >= 0.3 is 12.1 Å². The Morgan fingerprint density at radius 1 is 1.05 bits per heavy atom. The number of para-hydroxylation sites is 1. The van der Waals surface area contributed by atoms with Crippen LogP contribution in [-0.4, -0.2) is 47.3 Å². The van der Waals surface area contributed by atoms with Gasteiger partial charge in [0.05, 0.1) is 33.0 Å². The number of carboxylic acids is 1. The number of benzene rings is 2. The van der Waals surface area contributed by atoms with E-state index in [-0.39, 0.29) is 11.4 Å². The number of hydrogen-bond acceptors (Lipinski definition) is 7. The second-order valence-corrected chi connectivity index (χ2v) is 9.98. The Morgan fingerprint density at radius 3 is 2.58 bits per heavy atom. The Balaban J connectivity index is 1.68. The predicted molar refractivity (Wildman–Crippen MR) is 144 cm³/mol. The smallest absolute Gasteiger partial charge is 0.413 e. The maximum absolute atomic E-state index is 12.3. The maximum Gasteiger partial charge on any atom is 0.413 e. The third-order valence-corrected chi connectivity index (χ3v) is 5.99. The number of fused-ring (bicyclic) bond motifs is 2. The first kappa shape index (κ1) is 25.1. The first-order valence-electron chi connectivity index (χ1n) is 11.6. The van der Waals surface area contributed by atoms with Gasteiger partial charge in [0.15, 0.2) is 0 Å². The van der Waals surface area contributed by atoms with Gasteiger partial charge in [-0.25, -0.2) is 24.5 Å². The van der Waals surface area contributed by atoms with Crippen LogP contribution < -0.4 is 5.32 Å². The summed E-state index contributed by atoms with van der Waals surface area (Å²) in [4.78, 5) is 41.9. The first-order chi connectivity index (χ1) is 18.0. The standard InChI is InChI=1S/C27H23ClN6O4/c1-14-32-24-17(25(35)36)10-15(19-12-22(31-13-30-19)33-26(37)38-27(2,3)4)11-21(24)34(14)20-8-9-29-23-16(20)6-5-7-18(23)28/h5-13H,1-4H3,(H,35,36)(H,30,31,33,37). The Kier molecular flexibility index (Phi) is 6.20. The number of halogens is 1. The zero-order chi connectivity index (χ0) is 27.2. The van der Waals surface area contributed by atoms with Crippen molar-refractivity contribution in [2.45, 2.75) is 33.3 Å². The van der Waals surface area contributed by atoms with E-state index in [0.717, 1.165) is 11.1 Å². The molecular formula is C27H23ClN6O4. The molecule has 0 aliphatic carbocycles. The first-order valence-corrected chi connectivity index (χ1v) is 12.0. The van der Waals surface area contributed by atoms with Crippen LogP contribution in [-0.2, 0) is 4.74 Å². The summed E-state index contributed by atoms with van der Waals surface area (Å²) in [5, 5.41) is 13.9. The number of nitrogens with zero attached hydrogens (tertiary/aromatic N) is 5. The number of rotatable bonds is 4. The molecule has 0 radical (unpaired) electrons. The highest BCUT2D eigenvalue weighted by molar-refractivity contribution is 6.35. The molecule has 0 saturated carbocycles. The van der Waals surface area contributed by atoms with E-state index < -0.39 is 17.7 Å². The van der Waals surface area contributed by atoms with E-state index in [1.54, 1.807) is 52.1 Å². The molecule has 0 unspecified atom stereocenters. The Labute approximate surface area is 222 Å². The number of aryl methyl sites for hydroxylation is 1. The summed E-state index contributed by atoms with van der Waals surface area (Å²) in [6.45, 7) is 7.07. The van der Waals surface area contributed by atoms with Crippen LogP contribution in [0.2, 0.25) is 5.02 Å². The van der Waals surface area contributed by atoms with Crippen molar-refractivity contribution < 1.29 is 19.4 Å². The maximum atomic E-state index is 12.3. The lowest BCUT2D eigenvalue weighted by molar-refractivity contribution is 0.0633. The lowest BCUT2D eigenvalue weighted by atomic mass is 10.1. The molecule has 3 heterocycles. The fourth-order valence-electron chi connectivity index (χ4n) is 4.22. The number of amides is 1. The SMILES string of the molecule is Cc1nc2c(C(=O)O)cc(-c3cc(NC(=O)OC(C)(C)C)ncn3)cc2n1-c1ccnc2c(Cl)cccc12. The van der Waals surface area contributed by atoms with Crippen LogP contribution in [0, 0.1) is 6.92 Å². The van der Waals surface area contributed by atoms with Gasteiger partial charge in [-0.15, -0.1) is 0 Å². The summed E-state index contributed by atoms with van der Waals surface area (Å²) in [7, 11) is 0. The fraction of sp³-hybridized carbons (Fsp3) is 0.185. The average molecular weight is 531 g/mol. The van der Waals surface area contributed by atoms with Gasteiger partial charge in [0, 0.05) is 23.2 Å². The zero-order valence-electron chi connectivity index (χ0n) is 21.0. The zero-order valence-corrected chi connectivity index (χ0v) is 21.7. The van der Waals surface area contributed by atoms with Crippen molar-refractivity contribution in [2.24, 2.45) is 0 Å². The van der Waals surface area contributed by atoms with Crippen molar-refractivity contribution in [3.63, 3.8) is 0 Å². The largest absolute Gasteiger partial charge is 0.478 e. The molecule has 0 saturated heterocycles. The number of anilines is 1. The van der Waals surface area contributed by atoms with Gasteiger partial charge in [-0.3, -0.25) is 14.9 Å². The molecular weight excluding hydrogens is 508 g/mol. The third-order valence-electron chi connectivity index (χ3n) is 5.69. The summed E-state index contributed by atoms with van der Waals surface area (Å²) >= 11 is 6.39. The molecule has 0 aliphatic heterocycles. The highest BCUT2D eigenvalue weighted by Crippen LogP contribution is 2.33. The number of ether oxygens (including phenoxy) is 1. The summed E-state index contributed by atoms with van der Waals surface area (Å²) in [6, 6.07) is 12.2. The Bertz CT molecular complexity index is 1740. The van der Waals surface area contributed by atoms with Gasteiger partial charge in [-0.2, -0.15) is 0 Å². The van der Waals surface area contributed by atoms with Crippen molar-refractivity contribution in [3.05, 3.63) is 71.4 Å². The molecule has 192 valence electrons. The molecule has 38 heavy (non-hydrogen) atoms. The molecule has 2 aromatic carbocycles. The molecule has 3 aromatic heterocycles. The van der Waals surface area contributed by atoms with Crippen molar-refractivity contribution >= 4 is 51.4 Å². The van der Waals surface area contributed by atoms with Crippen molar-refractivity contribution in [2.75, 3.05) is 5.32 Å². The number of carbonyl (C=O) groups excluding carboxylic acids is 1. The summed E-state index contributed by atoms with van der Waals surface area (Å²) < 4.78 is 7.16. The minimum Gasteiger partial charge on any atom is -0.478 e. The quantitative estimate of drug-likeness (QED) is 0.287. The number of imidazole rings is 1. The summed E-state index contributed by atoms with van der Waals surface area (Å²) in [5.41, 5.74) is 2.50. The van der Waals surface area contributed by atoms with Gasteiger partial charge in [0.1, 0.15) is 29.1 Å². The number of nitrogens with one attached hydrogen (secondary N) is 1. The van der Waals surface area contributed by atoms with Crippen LogP contribution in [0.5, 0.6) is 0 Å². The molecule has 1 amide bonds. The van der Waals surface area contributed by atoms with Crippen LogP contribution in [0.25, 0.3) is 38.9 Å². The predicted octanol–water partition coefficient (Wildman–Crippen LogP) is 6.04. The molecule has 2 N–H and O–H groups in total. The van der Waals surface area contributed by atoms with Crippen LogP contribution in [0.3, 0.4) is 0 Å². The van der Waals surface area contributed by atoms with E-state index in [9.17, 15) is 14.7 Å². The minimum absolute atomic E-state index is 0.0102. The van der Waals surface area contributed by atoms with Gasteiger partial charge < -0.3 is 9.84 Å². The molecule has 0 spiro atoms. The third kappa shape index (κ3) is 4.73.